The second kappa shape index (κ2) is 75.7. The molecule has 0 aliphatic carbocycles. The van der Waals surface area contributed by atoms with Gasteiger partial charge in [-0.3, -0.25) is 51.5 Å². The van der Waals surface area contributed by atoms with E-state index in [4.69, 9.17) is 66.5 Å². The van der Waals surface area contributed by atoms with Gasteiger partial charge in [-0.2, -0.15) is 42.1 Å². The van der Waals surface area contributed by atoms with Crippen molar-refractivity contribution in [1.29, 1.82) is 0 Å². The van der Waals surface area contributed by atoms with Gasteiger partial charge in [0, 0.05) is 19.3 Å². The van der Waals surface area contributed by atoms with Crippen molar-refractivity contribution in [3.63, 3.8) is 0 Å². The van der Waals surface area contributed by atoms with Crippen LogP contribution >= 0.6 is 0 Å². The molecule has 0 bridgehead atoms. The Kier molecular flexibility index (Phi) is 75.3. The molecule has 0 saturated heterocycles. The molecular formula is C102H167NO31S5. The summed E-state index contributed by atoms with van der Waals surface area (Å²) in [5.74, 6) is 1.95. The first-order chi connectivity index (χ1) is 64.5. The highest BCUT2D eigenvalue weighted by atomic mass is 32.2. The number of ether oxygens (including phenoxy) is 7. The quantitative estimate of drug-likeness (QED) is 0.00565. The van der Waals surface area contributed by atoms with Crippen LogP contribution in [0.4, 0.5) is 0 Å². The Labute approximate surface area is 832 Å². The van der Waals surface area contributed by atoms with Crippen molar-refractivity contribution >= 4 is 86.3 Å². The molecule has 11 atom stereocenters. The van der Waals surface area contributed by atoms with Crippen molar-refractivity contribution in [3.05, 3.63) is 168 Å². The van der Waals surface area contributed by atoms with Gasteiger partial charge >= 0.3 is 29.8 Å². The Balaban J connectivity index is -0.000000486. The molecule has 0 radical (unpaired) electrons. The van der Waals surface area contributed by atoms with Gasteiger partial charge in [-0.25, -0.2) is 0 Å². The number of hydrogen-bond acceptors (Lipinski definition) is 25. The molecule has 6 rings (SSSR count). The van der Waals surface area contributed by atoms with E-state index in [2.05, 4.69) is 84.5 Å². The van der Waals surface area contributed by atoms with E-state index in [9.17, 15) is 70.9 Å². The number of aliphatic hydroxyl groups excluding tert-OH is 1. The smallest absolute Gasteiger partial charge is 0.314 e. The number of amides is 1. The van der Waals surface area contributed by atoms with E-state index in [1.165, 1.54) is 91.4 Å². The van der Waals surface area contributed by atoms with Crippen molar-refractivity contribution in [1.82, 2.24) is 5.32 Å². The fraction of sp³-hybridized carbons (Fsp3) is 0.588. The third-order valence-electron chi connectivity index (χ3n) is 21.3. The van der Waals surface area contributed by atoms with Crippen LogP contribution in [0.25, 0.3) is 0 Å². The monoisotopic (exact) mass is 2060 g/mol. The van der Waals surface area contributed by atoms with Crippen LogP contribution in [0, 0.1) is 29.6 Å². The van der Waals surface area contributed by atoms with Crippen LogP contribution in [-0.2, 0) is 93.6 Å². The Morgan fingerprint density at radius 2 is 0.669 bits per heavy atom. The predicted octanol–water partition coefficient (Wildman–Crippen LogP) is 22.0. The first-order valence-electron chi connectivity index (χ1n) is 47.3. The molecule has 32 nitrogen and oxygen atoms in total. The van der Waals surface area contributed by atoms with Crippen molar-refractivity contribution < 1.29 is 142 Å². The van der Waals surface area contributed by atoms with E-state index in [1.807, 2.05) is 118 Å². The summed E-state index contributed by atoms with van der Waals surface area (Å²) in [5.41, 5.74) is 4.01. The lowest BCUT2D eigenvalue weighted by atomic mass is 9.99. The van der Waals surface area contributed by atoms with E-state index in [1.54, 1.807) is 65.8 Å². The maximum Gasteiger partial charge on any atom is 0.314 e. The number of rotatable bonds is 42. The van der Waals surface area contributed by atoms with Gasteiger partial charge in [-0.1, -0.05) is 200 Å². The fourth-order valence-electron chi connectivity index (χ4n) is 9.81. The summed E-state index contributed by atoms with van der Waals surface area (Å²) in [6, 6.07) is 40.3. The van der Waals surface area contributed by atoms with E-state index in [0.29, 0.717) is 74.3 Å². The third kappa shape index (κ3) is 72.7. The number of unbranched alkanes of at least 4 members (excludes halogenated alkanes) is 1. The zero-order chi connectivity index (χ0) is 108. The fourth-order valence-corrected chi connectivity index (χ4v) is 12.7. The molecule has 0 spiro atoms. The molecule has 0 aliphatic rings. The lowest BCUT2D eigenvalue weighted by molar-refractivity contribution is -0.148. The summed E-state index contributed by atoms with van der Waals surface area (Å²) in [6.07, 6.45) is 12.9. The summed E-state index contributed by atoms with van der Waals surface area (Å²) in [6.45, 7) is 51.7. The second-order valence-electron chi connectivity index (χ2n) is 34.0. The van der Waals surface area contributed by atoms with Crippen molar-refractivity contribution in [2.75, 3.05) is 45.0 Å². The number of carboxylic acid groups (broad SMARTS) is 1. The number of aliphatic carboxylic acids is 1. The molecule has 0 saturated carbocycles. The Hall–Kier alpha value is -9.15. The number of phenolic OH excluding ortho intramolecular Hbond substituents is 1. The lowest BCUT2D eigenvalue weighted by Gasteiger charge is -2.26. The lowest BCUT2D eigenvalue weighted by Crippen LogP contribution is -2.49. The van der Waals surface area contributed by atoms with Crippen LogP contribution < -0.4 is 24.3 Å². The molecule has 6 aromatic rings. The summed E-state index contributed by atoms with van der Waals surface area (Å²) in [5, 5.41) is 28.1. The van der Waals surface area contributed by atoms with Crippen LogP contribution in [0.5, 0.6) is 28.7 Å². The summed E-state index contributed by atoms with van der Waals surface area (Å²) in [4.78, 5) is 64.2. The summed E-state index contributed by atoms with van der Waals surface area (Å²) in [7, 11) is -19.0. The molecular weight excluding hydrogens is 1900 g/mol. The highest BCUT2D eigenvalue weighted by Gasteiger charge is 2.28. The average molecular weight is 2060 g/mol. The van der Waals surface area contributed by atoms with Crippen LogP contribution in [-0.4, -0.2) is 179 Å². The number of methoxy groups -OCH3 is 1. The Morgan fingerprint density at radius 1 is 0.367 bits per heavy atom. The van der Waals surface area contributed by atoms with Crippen molar-refractivity contribution in [2.24, 2.45) is 29.6 Å². The number of carbonyl (C=O) groups excluding carboxylic acids is 5. The topological polar surface area (TPSA) is 512 Å². The minimum absolute atomic E-state index is 0.0513. The second-order valence-corrected chi connectivity index (χ2v) is 41.3. The van der Waals surface area contributed by atoms with Gasteiger partial charge in [0.25, 0.3) is 50.6 Å². The maximum absolute atomic E-state index is 11.5. The molecule has 0 fully saturated rings. The first kappa shape index (κ1) is 138. The van der Waals surface area contributed by atoms with Gasteiger partial charge in [0.15, 0.2) is 0 Å². The largest absolute Gasteiger partial charge is 0.508 e. The molecule has 11 unspecified atom stereocenters. The van der Waals surface area contributed by atoms with Gasteiger partial charge < -0.3 is 53.8 Å². The average Bonchev–Trinajstić information content (AvgIpc) is 0.840. The maximum atomic E-state index is 11.5. The zero-order valence-corrected chi connectivity index (χ0v) is 91.1. The minimum Gasteiger partial charge on any atom is -0.508 e. The van der Waals surface area contributed by atoms with Crippen molar-refractivity contribution in [3.8, 4) is 28.7 Å². The molecule has 796 valence electrons. The van der Waals surface area contributed by atoms with E-state index in [0.717, 1.165) is 87.7 Å². The first-order valence-corrected chi connectivity index (χ1v) is 54.9. The molecule has 9 N–H and O–H groups in total. The number of benzene rings is 6. The number of aliphatic hydroxyl groups is 1. The summed E-state index contributed by atoms with van der Waals surface area (Å²) < 4.78 is 187. The number of carboxylic acids is 1. The van der Waals surface area contributed by atoms with Gasteiger partial charge in [-0.15, -0.1) is 0 Å². The minimum atomic E-state index is -4.21. The number of carbonyl (C=O) groups is 6. The van der Waals surface area contributed by atoms with Gasteiger partial charge in [0.1, 0.15) is 28.7 Å². The van der Waals surface area contributed by atoms with Crippen LogP contribution in [0.3, 0.4) is 0 Å². The molecule has 1 amide bonds. The number of phenols is 1. The molecule has 0 aromatic heterocycles. The van der Waals surface area contributed by atoms with Crippen molar-refractivity contribution in [2.45, 2.75) is 332 Å². The van der Waals surface area contributed by atoms with E-state index >= 15 is 0 Å². The standard InChI is InChI=1S/C19H24O5S.C13H20O4S.C11H14O5S.C10H14O3S.C10H14O.C9H19NO4S.C9H18O2.2C6H12O2.C5H10O2.C4H10O/c1-3-15(2)16-5-7-17(8-6-16)23-13-4-14-24-18-9-11-19(12-10-18)25(20,21)22;1-3-11(2)12-5-7-13(8-6-12)17-9-4-10-18(14,15)16;1-3-8(2)11(12)16-9-4-6-10(7-5-9)17(13,14)15;1-3-8(2)9-4-6-10(7-5-9)14(11,12)13;1-3-8(2)9-4-6-10(11)7-5-9;1-5-7(2)8(11)10-9(3,4)6-15(12,13)14;1-4-6-7-11-9(10)8(3)5-2;1-4-5(2)6(7)8-3;1-4-5(2)8-6(3)7;1-3-4(2)5(6)7;1-3-4(2)5/h5-12,15H,3-4,13-14H2,1-2H3,(H,20,21,22);5-8,11H,3-4,9-10H2,1-2H3,(H,14,15,16);4-8H,3H2,1-2H3,(H,13,14,15);4-8H,3H2,1-2H3,(H,11,12,13);4-8,11H,3H2,1-2H3;7H,5-6H2,1-4H3,(H,10,11)(H,12,13,14);8H,4-7H2,1-3H3;2*5H,4H2,1-3H3;4H,3H2,1-2H3,(H,6,7);4-5H,3H2,1-2H3. The molecule has 0 heterocycles. The molecule has 6 aromatic carbocycles. The Bertz CT molecular complexity index is 4910. The van der Waals surface area contributed by atoms with Crippen LogP contribution in [0.1, 0.15) is 322 Å². The van der Waals surface area contributed by atoms with Gasteiger partial charge in [0.2, 0.25) is 5.91 Å². The predicted molar refractivity (Wildman–Crippen MR) is 547 cm³/mol. The van der Waals surface area contributed by atoms with Crippen LogP contribution in [0.15, 0.2) is 160 Å². The highest BCUT2D eigenvalue weighted by molar-refractivity contribution is 7.86. The normalized spacial score (nSPS) is 13.3. The third-order valence-corrected chi connectivity index (χ3v) is 25.8. The van der Waals surface area contributed by atoms with Crippen LogP contribution in [0.2, 0.25) is 0 Å². The highest BCUT2D eigenvalue weighted by Crippen LogP contribution is 2.27. The Morgan fingerprint density at radius 3 is 0.928 bits per heavy atom. The van der Waals surface area contributed by atoms with E-state index in [-0.39, 0.29) is 111 Å². The molecule has 139 heavy (non-hydrogen) atoms. The number of hydrogen-bond donors (Lipinski definition) is 9. The summed E-state index contributed by atoms with van der Waals surface area (Å²) >= 11 is 0. The molecule has 37 heteroatoms. The molecule has 0 aliphatic heterocycles. The SMILES string of the molecule is CCC(C)C(=O)NC(C)(C)CS(=O)(=O)O.CCC(C)C(=O)O.CCC(C)C(=O)OC.CCC(C)C(=O)Oc1ccc(S(=O)(=O)O)cc1.CCC(C)O.CCC(C)OC(C)=O.CCC(C)c1ccc(O)cc1.CCC(C)c1ccc(OCCCOc2ccc(S(=O)(=O)O)cc2)cc1.CCC(C)c1ccc(OCCCS(=O)(=O)O)cc1.CCC(C)c1ccc(S(=O)(=O)O)cc1.CCCCOC(=O)C(C)CC. The number of nitrogens with one attached hydrogen (secondary N) is 1. The van der Waals surface area contributed by atoms with Gasteiger partial charge in [0.05, 0.1) is 101 Å². The zero-order valence-electron chi connectivity index (χ0n) is 87.1. The number of esters is 4. The number of aromatic hydroxyl groups is 1. The van der Waals surface area contributed by atoms with E-state index < -0.39 is 67.9 Å². The van der Waals surface area contributed by atoms with Gasteiger partial charge in [-0.05, 0) is 254 Å².